The van der Waals surface area contributed by atoms with Crippen LogP contribution in [-0.2, 0) is 4.74 Å². The summed E-state index contributed by atoms with van der Waals surface area (Å²) in [6.07, 6.45) is 7.76. The van der Waals surface area contributed by atoms with Gasteiger partial charge in [-0.3, -0.25) is 0 Å². The zero-order valence-electron chi connectivity index (χ0n) is 9.11. The number of rotatable bonds is 10. The molecule has 0 saturated carbocycles. The molecule has 0 saturated heterocycles. The van der Waals surface area contributed by atoms with Gasteiger partial charge in [-0.15, -0.1) is 23.2 Å². The van der Waals surface area contributed by atoms with Crippen LogP contribution >= 0.6 is 23.2 Å². The van der Waals surface area contributed by atoms with Gasteiger partial charge in [0.1, 0.15) is 0 Å². The number of alkyl halides is 2. The smallest absolute Gasteiger partial charge is 0.0845 e. The van der Waals surface area contributed by atoms with E-state index in [1.165, 1.54) is 32.1 Å². The van der Waals surface area contributed by atoms with Gasteiger partial charge in [-0.05, 0) is 6.42 Å². The quantitative estimate of drug-likeness (QED) is 0.411. The predicted octanol–water partition coefficient (Wildman–Crippen LogP) is 4.21. The minimum atomic E-state index is 0.0361. The molecule has 0 fully saturated rings. The van der Waals surface area contributed by atoms with E-state index in [-0.39, 0.29) is 6.10 Å². The Hall–Kier alpha value is 0.540. The maximum absolute atomic E-state index is 5.64. The third kappa shape index (κ3) is 9.11. The van der Waals surface area contributed by atoms with E-state index in [2.05, 4.69) is 6.92 Å². The highest BCUT2D eigenvalue weighted by Crippen LogP contribution is 2.06. The molecule has 0 unspecified atom stereocenters. The van der Waals surface area contributed by atoms with Crippen molar-refractivity contribution in [2.24, 2.45) is 0 Å². The third-order valence-corrected chi connectivity index (χ3v) is 2.88. The van der Waals surface area contributed by atoms with Crippen LogP contribution in [-0.4, -0.2) is 24.5 Å². The molecule has 0 spiro atoms. The number of hydrogen-bond acceptors (Lipinski definition) is 1. The van der Waals surface area contributed by atoms with Crippen molar-refractivity contribution in [2.75, 3.05) is 18.4 Å². The van der Waals surface area contributed by atoms with Crippen molar-refractivity contribution in [3.05, 3.63) is 0 Å². The van der Waals surface area contributed by atoms with Crippen LogP contribution in [0.15, 0.2) is 0 Å². The molecule has 0 atom stereocenters. The van der Waals surface area contributed by atoms with Crippen LogP contribution in [0.5, 0.6) is 0 Å². The van der Waals surface area contributed by atoms with Crippen LogP contribution in [0, 0.1) is 0 Å². The van der Waals surface area contributed by atoms with E-state index in [1.807, 2.05) is 0 Å². The lowest BCUT2D eigenvalue weighted by Gasteiger charge is -2.11. The van der Waals surface area contributed by atoms with Crippen molar-refractivity contribution in [1.29, 1.82) is 0 Å². The summed E-state index contributed by atoms with van der Waals surface area (Å²) in [5.74, 6) is 0.999. The van der Waals surface area contributed by atoms with Crippen LogP contribution in [0.4, 0.5) is 0 Å². The maximum Gasteiger partial charge on any atom is 0.0845 e. The first-order valence-electron chi connectivity index (χ1n) is 5.58. The minimum absolute atomic E-state index is 0.0361. The summed E-state index contributed by atoms with van der Waals surface area (Å²) in [4.78, 5) is 0. The lowest BCUT2D eigenvalue weighted by molar-refractivity contribution is 0.0800. The van der Waals surface area contributed by atoms with Gasteiger partial charge in [0.2, 0.25) is 0 Å². The van der Waals surface area contributed by atoms with Crippen molar-refractivity contribution in [1.82, 2.24) is 0 Å². The second kappa shape index (κ2) is 11.6. The lowest BCUT2D eigenvalue weighted by atomic mass is 10.1. The summed E-state index contributed by atoms with van der Waals surface area (Å²) < 4.78 is 5.48. The van der Waals surface area contributed by atoms with Gasteiger partial charge < -0.3 is 4.74 Å². The summed E-state index contributed by atoms with van der Waals surface area (Å²) >= 11 is 11.3. The number of ether oxygens (including phenoxy) is 1. The average molecular weight is 241 g/mol. The van der Waals surface area contributed by atoms with Gasteiger partial charge in [0.15, 0.2) is 0 Å². The van der Waals surface area contributed by atoms with Crippen LogP contribution in [0.1, 0.15) is 45.4 Å². The molecule has 0 aliphatic rings. The largest absolute Gasteiger partial charge is 0.376 e. The van der Waals surface area contributed by atoms with E-state index in [9.17, 15) is 0 Å². The monoisotopic (exact) mass is 240 g/mol. The molecule has 14 heavy (non-hydrogen) atoms. The molecule has 0 aromatic heterocycles. The van der Waals surface area contributed by atoms with Crippen molar-refractivity contribution in [2.45, 2.75) is 51.6 Å². The molecular weight excluding hydrogens is 219 g/mol. The molecular formula is C11H22Cl2O. The summed E-state index contributed by atoms with van der Waals surface area (Å²) in [5, 5.41) is 0. The summed E-state index contributed by atoms with van der Waals surface area (Å²) in [7, 11) is 0. The van der Waals surface area contributed by atoms with Gasteiger partial charge in [0.05, 0.1) is 6.10 Å². The van der Waals surface area contributed by atoms with E-state index in [1.54, 1.807) is 0 Å². The topological polar surface area (TPSA) is 9.23 Å². The summed E-state index contributed by atoms with van der Waals surface area (Å²) in [6.45, 7) is 3.03. The maximum atomic E-state index is 5.64. The number of hydrogen-bond donors (Lipinski definition) is 0. The Morgan fingerprint density at radius 1 is 0.929 bits per heavy atom. The Balaban J connectivity index is 3.04. The summed E-state index contributed by atoms with van der Waals surface area (Å²) in [6, 6.07) is 0. The Bertz CT molecular complexity index is 105. The van der Waals surface area contributed by atoms with Gasteiger partial charge >= 0.3 is 0 Å². The van der Waals surface area contributed by atoms with E-state index in [4.69, 9.17) is 27.9 Å². The van der Waals surface area contributed by atoms with Gasteiger partial charge in [-0.25, -0.2) is 0 Å². The molecule has 0 aromatic carbocycles. The highest BCUT2D eigenvalue weighted by molar-refractivity contribution is 6.21. The molecule has 0 bridgehead atoms. The second-order valence-electron chi connectivity index (χ2n) is 3.57. The van der Waals surface area contributed by atoms with Crippen LogP contribution < -0.4 is 0 Å². The molecule has 86 valence electrons. The average Bonchev–Trinajstić information content (AvgIpc) is 2.22. The van der Waals surface area contributed by atoms with E-state index < -0.39 is 0 Å². The van der Waals surface area contributed by atoms with E-state index in [0.29, 0.717) is 11.8 Å². The normalized spacial score (nSPS) is 11.1. The number of halogens is 2. The molecule has 0 heterocycles. The molecule has 0 N–H and O–H groups in total. The first-order valence-corrected chi connectivity index (χ1v) is 6.65. The van der Waals surface area contributed by atoms with Crippen LogP contribution in [0.3, 0.4) is 0 Å². The van der Waals surface area contributed by atoms with Crippen LogP contribution in [0.25, 0.3) is 0 Å². The van der Waals surface area contributed by atoms with Crippen molar-refractivity contribution in [3.8, 4) is 0 Å². The van der Waals surface area contributed by atoms with Crippen molar-refractivity contribution >= 4 is 23.2 Å². The fraction of sp³-hybridized carbons (Fsp3) is 1.00. The Labute approximate surface area is 98.1 Å². The highest BCUT2D eigenvalue weighted by Gasteiger charge is 2.04. The molecule has 0 aliphatic heterocycles. The predicted molar refractivity (Wildman–Crippen MR) is 64.6 cm³/mol. The molecule has 0 rings (SSSR count). The fourth-order valence-corrected chi connectivity index (χ4v) is 1.77. The van der Waals surface area contributed by atoms with Gasteiger partial charge in [-0.2, -0.15) is 0 Å². The van der Waals surface area contributed by atoms with Gasteiger partial charge in [0.25, 0.3) is 0 Å². The molecule has 0 aliphatic carbocycles. The van der Waals surface area contributed by atoms with Gasteiger partial charge in [0, 0.05) is 18.4 Å². The fourth-order valence-electron chi connectivity index (χ4n) is 1.26. The Morgan fingerprint density at radius 3 is 2.07 bits per heavy atom. The minimum Gasteiger partial charge on any atom is -0.376 e. The first kappa shape index (κ1) is 14.5. The lowest BCUT2D eigenvalue weighted by Crippen LogP contribution is -2.17. The zero-order valence-corrected chi connectivity index (χ0v) is 10.6. The van der Waals surface area contributed by atoms with Gasteiger partial charge in [-0.1, -0.05) is 39.0 Å². The third-order valence-electron chi connectivity index (χ3n) is 2.20. The second-order valence-corrected chi connectivity index (χ2v) is 4.19. The molecule has 0 radical (unpaired) electrons. The highest BCUT2D eigenvalue weighted by atomic mass is 35.5. The van der Waals surface area contributed by atoms with E-state index in [0.717, 1.165) is 13.0 Å². The number of unbranched alkanes of at least 4 members (excludes halogenated alkanes) is 5. The van der Waals surface area contributed by atoms with Crippen molar-refractivity contribution in [3.63, 3.8) is 0 Å². The Morgan fingerprint density at radius 2 is 1.50 bits per heavy atom. The first-order chi connectivity index (χ1) is 6.85. The molecule has 1 nitrogen and oxygen atoms in total. The molecule has 0 amide bonds. The molecule has 3 heteroatoms. The standard InChI is InChI=1S/C11H22Cl2O/c1-2-3-4-5-6-7-8-14-11(9-12)10-13/h11H,2-10H2,1H3. The van der Waals surface area contributed by atoms with E-state index >= 15 is 0 Å². The SMILES string of the molecule is CCCCCCCCOC(CCl)CCl. The summed E-state index contributed by atoms with van der Waals surface area (Å²) in [5.41, 5.74) is 0. The van der Waals surface area contributed by atoms with Crippen molar-refractivity contribution < 1.29 is 4.74 Å². The Kier molecular flexibility index (Phi) is 12.1. The zero-order chi connectivity index (χ0) is 10.6. The molecule has 0 aromatic rings. The van der Waals surface area contributed by atoms with Crippen LogP contribution in [0.2, 0.25) is 0 Å².